The van der Waals surface area contributed by atoms with Crippen LogP contribution in [0.3, 0.4) is 0 Å². The second-order valence-electron chi connectivity index (χ2n) is 4.90. The third-order valence-corrected chi connectivity index (χ3v) is 3.49. The number of hydrogen-bond donors (Lipinski definition) is 0. The fraction of sp³-hybridized carbons (Fsp3) is 0.167. The third kappa shape index (κ3) is 2.97. The minimum atomic E-state index is -0.00693. The second-order valence-corrected chi connectivity index (χ2v) is 4.90. The van der Waals surface area contributed by atoms with Gasteiger partial charge in [0.05, 0.1) is 13.7 Å². The number of ketones is 1. The largest absolute Gasteiger partial charge is 0.497 e. The Morgan fingerprint density at radius 2 is 2.14 bits per heavy atom. The molecule has 1 aliphatic heterocycles. The zero-order valence-electron chi connectivity index (χ0n) is 11.8. The average Bonchev–Trinajstić information content (AvgIpc) is 3.00. The molecular weight excluding hydrogens is 264 g/mol. The minimum absolute atomic E-state index is 0.00693. The van der Waals surface area contributed by atoms with Gasteiger partial charge < -0.3 is 9.47 Å². The molecule has 0 saturated heterocycles. The molecule has 0 radical (unpaired) electrons. The van der Waals surface area contributed by atoms with Gasteiger partial charge in [-0.3, -0.25) is 4.79 Å². The van der Waals surface area contributed by atoms with Gasteiger partial charge >= 0.3 is 0 Å². The molecule has 21 heavy (non-hydrogen) atoms. The van der Waals surface area contributed by atoms with E-state index in [1.165, 1.54) is 0 Å². The highest BCUT2D eigenvalue weighted by Gasteiger charge is 2.13. The van der Waals surface area contributed by atoms with Crippen molar-refractivity contribution in [3.8, 4) is 11.5 Å². The van der Waals surface area contributed by atoms with Crippen molar-refractivity contribution in [1.82, 2.24) is 0 Å². The Bertz CT molecular complexity index is 701. The number of ether oxygens (including phenoxy) is 2. The fourth-order valence-electron chi connectivity index (χ4n) is 2.35. The Balaban J connectivity index is 1.77. The summed E-state index contributed by atoms with van der Waals surface area (Å²) in [5, 5.41) is 0. The van der Waals surface area contributed by atoms with E-state index in [2.05, 4.69) is 0 Å². The van der Waals surface area contributed by atoms with Crippen molar-refractivity contribution in [3.63, 3.8) is 0 Å². The number of carbonyl (C=O) groups excluding carboxylic acids is 1. The smallest absolute Gasteiger partial charge is 0.185 e. The van der Waals surface area contributed by atoms with Crippen LogP contribution in [0.1, 0.15) is 21.5 Å². The lowest BCUT2D eigenvalue weighted by Gasteiger charge is -2.01. The molecule has 0 N–H and O–H groups in total. The average molecular weight is 280 g/mol. The van der Waals surface area contributed by atoms with Crippen molar-refractivity contribution >= 4 is 11.9 Å². The zero-order valence-corrected chi connectivity index (χ0v) is 11.8. The molecule has 0 amide bonds. The fourth-order valence-corrected chi connectivity index (χ4v) is 2.35. The quantitative estimate of drug-likeness (QED) is 0.635. The predicted octanol–water partition coefficient (Wildman–Crippen LogP) is 3.53. The first-order chi connectivity index (χ1) is 10.3. The van der Waals surface area contributed by atoms with Gasteiger partial charge in [0.1, 0.15) is 11.5 Å². The van der Waals surface area contributed by atoms with E-state index >= 15 is 0 Å². The molecule has 0 fully saturated rings. The van der Waals surface area contributed by atoms with Crippen LogP contribution in [-0.4, -0.2) is 19.5 Å². The number of hydrogen-bond acceptors (Lipinski definition) is 3. The number of benzene rings is 2. The molecule has 0 aromatic heterocycles. The van der Waals surface area contributed by atoms with E-state index in [-0.39, 0.29) is 5.78 Å². The molecule has 3 heteroatoms. The summed E-state index contributed by atoms with van der Waals surface area (Å²) in [7, 11) is 1.63. The van der Waals surface area contributed by atoms with Crippen molar-refractivity contribution in [2.24, 2.45) is 0 Å². The van der Waals surface area contributed by atoms with Crippen LogP contribution in [0.15, 0.2) is 48.5 Å². The maximum Gasteiger partial charge on any atom is 0.185 e. The molecule has 1 heterocycles. The summed E-state index contributed by atoms with van der Waals surface area (Å²) in [6.45, 7) is 0.701. The third-order valence-electron chi connectivity index (χ3n) is 3.49. The molecular formula is C18H16O3. The van der Waals surface area contributed by atoms with E-state index in [0.29, 0.717) is 12.2 Å². The van der Waals surface area contributed by atoms with E-state index in [1.807, 2.05) is 42.5 Å². The highest BCUT2D eigenvalue weighted by atomic mass is 16.5. The molecule has 2 aromatic carbocycles. The summed E-state index contributed by atoms with van der Waals surface area (Å²) in [4.78, 5) is 12.2. The van der Waals surface area contributed by atoms with Crippen LogP contribution in [0, 0.1) is 0 Å². The Kier molecular flexibility index (Phi) is 3.73. The molecule has 3 rings (SSSR count). The first kappa shape index (κ1) is 13.4. The van der Waals surface area contributed by atoms with Gasteiger partial charge in [0.25, 0.3) is 0 Å². The van der Waals surface area contributed by atoms with Crippen LogP contribution >= 0.6 is 0 Å². The molecule has 0 atom stereocenters. The van der Waals surface area contributed by atoms with Gasteiger partial charge in [-0.15, -0.1) is 0 Å². The van der Waals surface area contributed by atoms with Crippen molar-refractivity contribution in [2.45, 2.75) is 6.42 Å². The molecule has 0 saturated carbocycles. The van der Waals surface area contributed by atoms with Crippen LogP contribution in [0.4, 0.5) is 0 Å². The highest BCUT2D eigenvalue weighted by Crippen LogP contribution is 2.26. The monoisotopic (exact) mass is 280 g/mol. The lowest BCUT2D eigenvalue weighted by molar-refractivity contribution is 0.104. The van der Waals surface area contributed by atoms with Gasteiger partial charge in [0, 0.05) is 12.0 Å². The SMILES string of the molecule is COc1cccc(/C=C/C(=O)c2ccc3c(c2)CCO3)c1. The minimum Gasteiger partial charge on any atom is -0.497 e. The molecule has 3 nitrogen and oxygen atoms in total. The Hall–Kier alpha value is -2.55. The molecule has 2 aromatic rings. The molecule has 0 spiro atoms. The first-order valence-corrected chi connectivity index (χ1v) is 6.88. The van der Waals surface area contributed by atoms with E-state index in [4.69, 9.17) is 9.47 Å². The molecule has 0 unspecified atom stereocenters. The Labute approximate surface area is 123 Å². The standard InChI is InChI=1S/C18H16O3/c1-20-16-4-2-3-13(11-16)5-7-17(19)14-6-8-18-15(12-14)9-10-21-18/h2-8,11-12H,9-10H2,1H3/b7-5+. The van der Waals surface area contributed by atoms with Gasteiger partial charge in [0.2, 0.25) is 0 Å². The molecule has 106 valence electrons. The molecule has 0 bridgehead atoms. The summed E-state index contributed by atoms with van der Waals surface area (Å²) in [6, 6.07) is 13.2. The number of allylic oxidation sites excluding steroid dienone is 1. The van der Waals surface area contributed by atoms with Crippen LogP contribution < -0.4 is 9.47 Å². The summed E-state index contributed by atoms with van der Waals surface area (Å²) in [5.41, 5.74) is 2.74. The van der Waals surface area contributed by atoms with Gasteiger partial charge in [-0.1, -0.05) is 18.2 Å². The van der Waals surface area contributed by atoms with Crippen molar-refractivity contribution in [2.75, 3.05) is 13.7 Å². The lowest BCUT2D eigenvalue weighted by atomic mass is 10.0. The molecule has 1 aliphatic rings. The second kappa shape index (κ2) is 5.83. The van der Waals surface area contributed by atoms with Gasteiger partial charge in [-0.25, -0.2) is 0 Å². The zero-order chi connectivity index (χ0) is 14.7. The Morgan fingerprint density at radius 3 is 3.00 bits per heavy atom. The van der Waals surface area contributed by atoms with E-state index < -0.39 is 0 Å². The topological polar surface area (TPSA) is 35.5 Å². The normalized spacial score (nSPS) is 13.0. The number of methoxy groups -OCH3 is 1. The number of fused-ring (bicyclic) bond motifs is 1. The summed E-state index contributed by atoms with van der Waals surface area (Å²) < 4.78 is 10.6. The van der Waals surface area contributed by atoms with Crippen molar-refractivity contribution in [3.05, 3.63) is 65.2 Å². The predicted molar refractivity (Wildman–Crippen MR) is 82.0 cm³/mol. The van der Waals surface area contributed by atoms with Crippen molar-refractivity contribution < 1.29 is 14.3 Å². The van der Waals surface area contributed by atoms with Crippen LogP contribution in [0.25, 0.3) is 6.08 Å². The van der Waals surface area contributed by atoms with Gasteiger partial charge in [-0.2, -0.15) is 0 Å². The van der Waals surface area contributed by atoms with E-state index in [0.717, 1.165) is 29.0 Å². The van der Waals surface area contributed by atoms with Crippen LogP contribution in [0.2, 0.25) is 0 Å². The maximum atomic E-state index is 12.2. The summed E-state index contributed by atoms with van der Waals surface area (Å²) >= 11 is 0. The maximum absolute atomic E-state index is 12.2. The summed E-state index contributed by atoms with van der Waals surface area (Å²) in [5.74, 6) is 1.66. The van der Waals surface area contributed by atoms with Crippen molar-refractivity contribution in [1.29, 1.82) is 0 Å². The highest BCUT2D eigenvalue weighted by molar-refractivity contribution is 6.07. The van der Waals surface area contributed by atoms with Crippen LogP contribution in [-0.2, 0) is 6.42 Å². The number of rotatable bonds is 4. The van der Waals surface area contributed by atoms with Crippen LogP contribution in [0.5, 0.6) is 11.5 Å². The van der Waals surface area contributed by atoms with Gasteiger partial charge in [0.15, 0.2) is 5.78 Å². The first-order valence-electron chi connectivity index (χ1n) is 6.88. The van der Waals surface area contributed by atoms with Gasteiger partial charge in [-0.05, 0) is 47.5 Å². The lowest BCUT2D eigenvalue weighted by Crippen LogP contribution is -1.95. The Morgan fingerprint density at radius 1 is 1.24 bits per heavy atom. The number of carbonyl (C=O) groups is 1. The van der Waals surface area contributed by atoms with E-state index in [9.17, 15) is 4.79 Å². The van der Waals surface area contributed by atoms with E-state index in [1.54, 1.807) is 19.3 Å². The summed E-state index contributed by atoms with van der Waals surface area (Å²) in [6.07, 6.45) is 4.26. The molecule has 0 aliphatic carbocycles.